The number of amides is 1. The molecule has 1 aliphatic carbocycles. The van der Waals surface area contributed by atoms with Crippen molar-refractivity contribution in [2.75, 3.05) is 7.11 Å². The smallest absolute Gasteiger partial charge is 0.337 e. The van der Waals surface area contributed by atoms with Gasteiger partial charge in [0, 0.05) is 12.0 Å². The first-order chi connectivity index (χ1) is 13.0. The standard InChI is InChI=1S/C21H21NO5/c1-4-17-11(2)7-18(27-17)26-10-16-15-8-12-5-6-13(21(24)25-3)9-14(12)19(15)22-20(16)23/h4-7,9-10,15,18-19H,8H2,1-3H3,(H,22,23)/b16-10+,17-4-. The highest BCUT2D eigenvalue weighted by atomic mass is 16.7. The van der Waals surface area contributed by atoms with E-state index in [1.165, 1.54) is 13.4 Å². The molecule has 0 spiro atoms. The zero-order chi connectivity index (χ0) is 19.1. The molecule has 2 heterocycles. The zero-order valence-corrected chi connectivity index (χ0v) is 15.4. The Hall–Kier alpha value is -3.02. The summed E-state index contributed by atoms with van der Waals surface area (Å²) in [5.41, 5.74) is 4.17. The lowest BCUT2D eigenvalue weighted by Gasteiger charge is -2.12. The Morgan fingerprint density at radius 2 is 2.19 bits per heavy atom. The van der Waals surface area contributed by atoms with Gasteiger partial charge in [-0.3, -0.25) is 4.79 Å². The summed E-state index contributed by atoms with van der Waals surface area (Å²) in [6.07, 6.45) is 5.47. The first-order valence-electron chi connectivity index (χ1n) is 8.91. The van der Waals surface area contributed by atoms with Crippen LogP contribution in [0.5, 0.6) is 0 Å². The van der Waals surface area contributed by atoms with Crippen molar-refractivity contribution in [3.05, 3.63) is 70.2 Å². The molecule has 1 N–H and O–H groups in total. The van der Waals surface area contributed by atoms with Gasteiger partial charge in [-0.25, -0.2) is 4.79 Å². The monoisotopic (exact) mass is 367 g/mol. The molecule has 1 fully saturated rings. The molecule has 27 heavy (non-hydrogen) atoms. The van der Waals surface area contributed by atoms with Crippen LogP contribution in [0.25, 0.3) is 0 Å². The molecule has 4 rings (SSSR count). The van der Waals surface area contributed by atoms with Crippen molar-refractivity contribution < 1.29 is 23.8 Å². The van der Waals surface area contributed by atoms with Crippen LogP contribution in [0.2, 0.25) is 0 Å². The summed E-state index contributed by atoms with van der Waals surface area (Å²) in [6, 6.07) is 5.33. The molecule has 2 aliphatic heterocycles. The molecule has 3 atom stereocenters. The maximum absolute atomic E-state index is 12.4. The van der Waals surface area contributed by atoms with Crippen molar-refractivity contribution in [1.29, 1.82) is 0 Å². The first-order valence-corrected chi connectivity index (χ1v) is 8.91. The van der Waals surface area contributed by atoms with Crippen LogP contribution < -0.4 is 5.32 Å². The second kappa shape index (κ2) is 6.61. The van der Waals surface area contributed by atoms with Gasteiger partial charge in [0.25, 0.3) is 12.2 Å². The Bertz CT molecular complexity index is 911. The lowest BCUT2D eigenvalue weighted by atomic mass is 9.97. The van der Waals surface area contributed by atoms with Crippen molar-refractivity contribution in [2.24, 2.45) is 5.92 Å². The van der Waals surface area contributed by atoms with Crippen LogP contribution in [0.1, 0.15) is 41.4 Å². The Labute approximate surface area is 157 Å². The van der Waals surface area contributed by atoms with E-state index in [0.717, 1.165) is 28.9 Å². The number of carbonyl (C=O) groups excluding carboxylic acids is 2. The lowest BCUT2D eigenvalue weighted by molar-refractivity contribution is -0.116. The van der Waals surface area contributed by atoms with E-state index in [2.05, 4.69) is 5.32 Å². The van der Waals surface area contributed by atoms with Gasteiger partial charge < -0.3 is 19.5 Å². The molecule has 1 aromatic carbocycles. The number of rotatable bonds is 3. The van der Waals surface area contributed by atoms with E-state index in [-0.39, 0.29) is 23.8 Å². The van der Waals surface area contributed by atoms with Crippen molar-refractivity contribution in [3.63, 3.8) is 0 Å². The number of benzene rings is 1. The summed E-state index contributed by atoms with van der Waals surface area (Å²) in [4.78, 5) is 24.2. The Balaban J connectivity index is 1.54. The van der Waals surface area contributed by atoms with E-state index in [9.17, 15) is 9.59 Å². The minimum absolute atomic E-state index is 0.0203. The molecular formula is C21H21NO5. The van der Waals surface area contributed by atoms with E-state index in [1.54, 1.807) is 12.1 Å². The normalized spacial score (nSPS) is 28.5. The van der Waals surface area contributed by atoms with Crippen molar-refractivity contribution >= 4 is 11.9 Å². The molecular weight excluding hydrogens is 346 g/mol. The number of fused-ring (bicyclic) bond motifs is 3. The molecule has 0 radical (unpaired) electrons. The quantitative estimate of drug-likeness (QED) is 0.505. The van der Waals surface area contributed by atoms with Crippen LogP contribution >= 0.6 is 0 Å². The number of methoxy groups -OCH3 is 1. The van der Waals surface area contributed by atoms with Gasteiger partial charge in [0.1, 0.15) is 5.76 Å². The molecule has 6 nitrogen and oxygen atoms in total. The van der Waals surface area contributed by atoms with E-state index >= 15 is 0 Å². The molecule has 0 saturated carbocycles. The molecule has 1 amide bonds. The molecule has 3 aliphatic rings. The van der Waals surface area contributed by atoms with Gasteiger partial charge in [0.15, 0.2) is 0 Å². The predicted molar refractivity (Wildman–Crippen MR) is 97.4 cm³/mol. The summed E-state index contributed by atoms with van der Waals surface area (Å²) in [5.74, 6) is 0.234. The maximum atomic E-state index is 12.4. The van der Waals surface area contributed by atoms with Crippen molar-refractivity contribution in [1.82, 2.24) is 5.32 Å². The molecule has 140 valence electrons. The van der Waals surface area contributed by atoms with Crippen LogP contribution in [-0.4, -0.2) is 25.3 Å². The van der Waals surface area contributed by atoms with Gasteiger partial charge in [0.2, 0.25) is 0 Å². The number of esters is 1. The minimum Gasteiger partial charge on any atom is -0.465 e. The zero-order valence-electron chi connectivity index (χ0n) is 15.4. The fourth-order valence-electron chi connectivity index (χ4n) is 3.93. The van der Waals surface area contributed by atoms with Crippen molar-refractivity contribution in [2.45, 2.75) is 32.6 Å². The Morgan fingerprint density at radius 3 is 2.89 bits per heavy atom. The highest BCUT2D eigenvalue weighted by molar-refractivity contribution is 5.97. The number of allylic oxidation sites excluding steroid dienone is 2. The van der Waals surface area contributed by atoms with E-state index in [0.29, 0.717) is 11.1 Å². The van der Waals surface area contributed by atoms with Crippen LogP contribution in [0.4, 0.5) is 0 Å². The summed E-state index contributed by atoms with van der Waals surface area (Å²) in [6.45, 7) is 3.86. The highest BCUT2D eigenvalue weighted by Gasteiger charge is 2.44. The fourth-order valence-corrected chi connectivity index (χ4v) is 3.93. The van der Waals surface area contributed by atoms with E-state index in [1.807, 2.05) is 32.1 Å². The predicted octanol–water partition coefficient (Wildman–Crippen LogP) is 2.92. The van der Waals surface area contributed by atoms with E-state index in [4.69, 9.17) is 14.2 Å². The molecule has 0 aromatic heterocycles. The molecule has 0 bridgehead atoms. The third-order valence-electron chi connectivity index (χ3n) is 5.30. The summed E-state index contributed by atoms with van der Waals surface area (Å²) in [5, 5.41) is 3.00. The van der Waals surface area contributed by atoms with Gasteiger partial charge in [-0.2, -0.15) is 0 Å². The van der Waals surface area contributed by atoms with Gasteiger partial charge in [-0.15, -0.1) is 0 Å². The number of hydrogen-bond donors (Lipinski definition) is 1. The number of ether oxygens (including phenoxy) is 3. The summed E-state index contributed by atoms with van der Waals surface area (Å²) < 4.78 is 16.2. The van der Waals surface area contributed by atoms with Crippen LogP contribution in [0.15, 0.2) is 53.5 Å². The molecule has 1 aromatic rings. The van der Waals surface area contributed by atoms with Crippen LogP contribution in [0.3, 0.4) is 0 Å². The molecule has 1 saturated heterocycles. The molecule has 3 unspecified atom stereocenters. The lowest BCUT2D eigenvalue weighted by Crippen LogP contribution is -2.19. The van der Waals surface area contributed by atoms with Gasteiger partial charge >= 0.3 is 5.97 Å². The highest BCUT2D eigenvalue weighted by Crippen LogP contribution is 2.44. The molecule has 6 heteroatoms. The SMILES string of the molecule is C/C=C1\OC(O/C=C2/C(=O)NC3c4cc(C(=O)OC)ccc4CC23)C=C1C. The Morgan fingerprint density at radius 1 is 1.37 bits per heavy atom. The van der Waals surface area contributed by atoms with Gasteiger partial charge in [-0.1, -0.05) is 6.07 Å². The van der Waals surface area contributed by atoms with Crippen molar-refractivity contribution in [3.8, 4) is 0 Å². The average Bonchev–Trinajstić information content (AvgIpc) is 3.30. The summed E-state index contributed by atoms with van der Waals surface area (Å²) in [7, 11) is 1.36. The van der Waals surface area contributed by atoms with Crippen LogP contribution in [-0.2, 0) is 25.4 Å². The number of hydrogen-bond acceptors (Lipinski definition) is 5. The van der Waals surface area contributed by atoms with E-state index < -0.39 is 6.29 Å². The maximum Gasteiger partial charge on any atom is 0.337 e. The van der Waals surface area contributed by atoms with Gasteiger partial charge in [0.05, 0.1) is 30.6 Å². The average molecular weight is 367 g/mol. The topological polar surface area (TPSA) is 73.9 Å². The third-order valence-corrected chi connectivity index (χ3v) is 5.30. The Kier molecular flexibility index (Phi) is 4.26. The van der Waals surface area contributed by atoms with Gasteiger partial charge in [-0.05, 0) is 55.2 Å². The minimum atomic E-state index is -0.523. The number of nitrogens with one attached hydrogen (secondary N) is 1. The second-order valence-electron chi connectivity index (χ2n) is 6.87. The largest absolute Gasteiger partial charge is 0.465 e. The fraction of sp³-hybridized carbons (Fsp3) is 0.333. The van der Waals surface area contributed by atoms with Crippen LogP contribution in [0, 0.1) is 5.92 Å². The third kappa shape index (κ3) is 2.91. The summed E-state index contributed by atoms with van der Waals surface area (Å²) >= 11 is 0. The number of carbonyl (C=O) groups is 2. The second-order valence-corrected chi connectivity index (χ2v) is 6.87. The first kappa shape index (κ1) is 17.4.